The number of anilines is 1. The van der Waals surface area contributed by atoms with E-state index >= 15 is 0 Å². The van der Waals surface area contributed by atoms with Gasteiger partial charge in [-0.1, -0.05) is 18.2 Å². The highest BCUT2D eigenvalue weighted by Gasteiger charge is 1.94. The molecule has 4 nitrogen and oxygen atoms in total. The van der Waals surface area contributed by atoms with Gasteiger partial charge in [0.05, 0.1) is 6.20 Å². The molecular formula is C9H8N2O2. The second kappa shape index (κ2) is 4.82. The van der Waals surface area contributed by atoms with Gasteiger partial charge in [0, 0.05) is 11.8 Å². The Labute approximate surface area is 75.2 Å². The van der Waals surface area contributed by atoms with Crippen molar-refractivity contribution in [2.45, 2.75) is 0 Å². The number of hydrogen-bond donors (Lipinski definition) is 1. The Balaban J connectivity index is 2.55. The van der Waals surface area contributed by atoms with Crippen LogP contribution in [0, 0.1) is 4.91 Å². The minimum Gasteiger partial charge on any atom is -0.322 e. The quantitative estimate of drug-likeness (QED) is 0.564. The first-order chi connectivity index (χ1) is 6.33. The lowest BCUT2D eigenvalue weighted by Crippen LogP contribution is -2.07. The van der Waals surface area contributed by atoms with Crippen LogP contribution in [0.3, 0.4) is 0 Å². The lowest BCUT2D eigenvalue weighted by Gasteiger charge is -1.99. The summed E-state index contributed by atoms with van der Waals surface area (Å²) in [6, 6.07) is 8.95. The summed E-state index contributed by atoms with van der Waals surface area (Å²) in [7, 11) is 0. The predicted molar refractivity (Wildman–Crippen MR) is 50.0 cm³/mol. The Morgan fingerprint density at radius 2 is 2.00 bits per heavy atom. The fourth-order valence-corrected chi connectivity index (χ4v) is 0.804. The van der Waals surface area contributed by atoms with Crippen LogP contribution in [0.25, 0.3) is 0 Å². The van der Waals surface area contributed by atoms with Crippen LogP contribution < -0.4 is 5.32 Å². The molecule has 0 unspecified atom stereocenters. The molecule has 0 bridgehead atoms. The number of carbonyl (C=O) groups is 1. The van der Waals surface area contributed by atoms with Gasteiger partial charge in [-0.2, -0.15) is 0 Å². The van der Waals surface area contributed by atoms with Gasteiger partial charge in [-0.15, -0.1) is 4.91 Å². The number of hydrogen-bond acceptors (Lipinski definition) is 3. The maximum atomic E-state index is 11.0. The maximum absolute atomic E-state index is 11.0. The van der Waals surface area contributed by atoms with Crippen molar-refractivity contribution >= 4 is 11.6 Å². The summed E-state index contributed by atoms with van der Waals surface area (Å²) in [5, 5.41) is 4.98. The zero-order chi connectivity index (χ0) is 9.52. The molecule has 0 saturated carbocycles. The SMILES string of the molecule is O=NC=CC(=O)Nc1ccccc1. The standard InChI is InChI=1S/C9H8N2O2/c12-9(6-7-10-13)11-8-4-2-1-3-5-8/h1-7H,(H,11,12). The van der Waals surface area contributed by atoms with Gasteiger partial charge in [0.25, 0.3) is 0 Å². The summed E-state index contributed by atoms with van der Waals surface area (Å²) in [4.78, 5) is 20.6. The Morgan fingerprint density at radius 3 is 2.62 bits per heavy atom. The van der Waals surface area contributed by atoms with E-state index in [0.29, 0.717) is 5.69 Å². The average molecular weight is 176 g/mol. The van der Waals surface area contributed by atoms with E-state index in [9.17, 15) is 9.70 Å². The predicted octanol–water partition coefficient (Wildman–Crippen LogP) is 1.91. The number of para-hydroxylation sites is 1. The largest absolute Gasteiger partial charge is 0.322 e. The van der Waals surface area contributed by atoms with E-state index in [1.54, 1.807) is 24.3 Å². The summed E-state index contributed by atoms with van der Waals surface area (Å²) in [5.41, 5.74) is 0.683. The third kappa shape index (κ3) is 3.29. The molecule has 0 spiro atoms. The van der Waals surface area contributed by atoms with Crippen LogP contribution >= 0.6 is 0 Å². The van der Waals surface area contributed by atoms with Gasteiger partial charge < -0.3 is 5.32 Å². The summed E-state index contributed by atoms with van der Waals surface area (Å²) in [5.74, 6) is -0.370. The molecule has 0 aromatic heterocycles. The van der Waals surface area contributed by atoms with Crippen molar-refractivity contribution in [1.29, 1.82) is 0 Å². The zero-order valence-corrected chi connectivity index (χ0v) is 6.81. The van der Waals surface area contributed by atoms with Gasteiger partial charge in [-0.05, 0) is 17.3 Å². The van der Waals surface area contributed by atoms with E-state index < -0.39 is 0 Å². The lowest BCUT2D eigenvalue weighted by atomic mass is 10.3. The van der Waals surface area contributed by atoms with Crippen LogP contribution in [0.2, 0.25) is 0 Å². The van der Waals surface area contributed by atoms with Crippen LogP contribution in [0.15, 0.2) is 47.8 Å². The molecule has 1 aromatic carbocycles. The third-order valence-electron chi connectivity index (χ3n) is 1.33. The minimum atomic E-state index is -0.370. The minimum absolute atomic E-state index is 0.370. The molecule has 4 heteroatoms. The van der Waals surface area contributed by atoms with Gasteiger partial charge in [-0.25, -0.2) is 0 Å². The molecule has 13 heavy (non-hydrogen) atoms. The van der Waals surface area contributed by atoms with Gasteiger partial charge in [0.1, 0.15) is 0 Å². The summed E-state index contributed by atoms with van der Waals surface area (Å²) in [6.45, 7) is 0. The molecule has 66 valence electrons. The molecule has 1 aromatic rings. The molecule has 1 amide bonds. The Morgan fingerprint density at radius 1 is 1.31 bits per heavy atom. The Bertz CT molecular complexity index is 320. The monoisotopic (exact) mass is 176 g/mol. The summed E-state index contributed by atoms with van der Waals surface area (Å²) >= 11 is 0. The van der Waals surface area contributed by atoms with Crippen molar-refractivity contribution in [2.75, 3.05) is 5.32 Å². The zero-order valence-electron chi connectivity index (χ0n) is 6.81. The van der Waals surface area contributed by atoms with E-state index in [4.69, 9.17) is 0 Å². The number of nitroso groups, excluding NO2 is 1. The smallest absolute Gasteiger partial charge is 0.250 e. The van der Waals surface area contributed by atoms with Gasteiger partial charge >= 0.3 is 0 Å². The highest BCUT2D eigenvalue weighted by atomic mass is 16.2. The number of amides is 1. The molecule has 0 atom stereocenters. The molecule has 0 aliphatic rings. The number of benzene rings is 1. The Kier molecular flexibility index (Phi) is 3.38. The molecular weight excluding hydrogens is 168 g/mol. The van der Waals surface area contributed by atoms with Crippen molar-refractivity contribution in [3.8, 4) is 0 Å². The molecule has 0 heterocycles. The molecule has 0 aliphatic carbocycles. The lowest BCUT2D eigenvalue weighted by molar-refractivity contribution is -0.111. The molecule has 0 saturated heterocycles. The highest BCUT2D eigenvalue weighted by molar-refractivity contribution is 5.99. The van der Waals surface area contributed by atoms with Gasteiger partial charge in [0.2, 0.25) is 5.91 Å². The van der Waals surface area contributed by atoms with E-state index in [-0.39, 0.29) is 5.91 Å². The van der Waals surface area contributed by atoms with Crippen LogP contribution in [0.1, 0.15) is 0 Å². The fraction of sp³-hybridized carbons (Fsp3) is 0. The molecule has 0 aliphatic heterocycles. The number of nitrogens with one attached hydrogen (secondary N) is 1. The van der Waals surface area contributed by atoms with E-state index in [1.165, 1.54) is 0 Å². The van der Waals surface area contributed by atoms with Gasteiger partial charge in [-0.3, -0.25) is 4.79 Å². The Hall–Kier alpha value is -1.97. The second-order valence-corrected chi connectivity index (χ2v) is 2.28. The first-order valence-corrected chi connectivity index (χ1v) is 3.68. The third-order valence-corrected chi connectivity index (χ3v) is 1.33. The highest BCUT2D eigenvalue weighted by Crippen LogP contribution is 2.04. The van der Waals surface area contributed by atoms with E-state index in [1.807, 2.05) is 6.07 Å². The summed E-state index contributed by atoms with van der Waals surface area (Å²) < 4.78 is 0. The van der Waals surface area contributed by atoms with Crippen LogP contribution in [-0.4, -0.2) is 5.91 Å². The molecule has 1 N–H and O–H groups in total. The first kappa shape index (κ1) is 9.12. The van der Waals surface area contributed by atoms with Crippen molar-refractivity contribution in [3.63, 3.8) is 0 Å². The van der Waals surface area contributed by atoms with Crippen molar-refractivity contribution in [1.82, 2.24) is 0 Å². The summed E-state index contributed by atoms with van der Waals surface area (Å²) in [6.07, 6.45) is 1.97. The van der Waals surface area contributed by atoms with Crippen LogP contribution in [0.5, 0.6) is 0 Å². The fourth-order valence-electron chi connectivity index (χ4n) is 0.804. The van der Waals surface area contributed by atoms with E-state index in [0.717, 1.165) is 12.3 Å². The second-order valence-electron chi connectivity index (χ2n) is 2.28. The topological polar surface area (TPSA) is 58.5 Å². The van der Waals surface area contributed by atoms with Crippen LogP contribution in [-0.2, 0) is 4.79 Å². The van der Waals surface area contributed by atoms with Crippen molar-refractivity contribution in [3.05, 3.63) is 47.5 Å². The van der Waals surface area contributed by atoms with E-state index in [2.05, 4.69) is 10.5 Å². The molecule has 0 fully saturated rings. The first-order valence-electron chi connectivity index (χ1n) is 3.68. The normalized spacial score (nSPS) is 9.85. The molecule has 0 radical (unpaired) electrons. The number of nitrogens with zero attached hydrogens (tertiary/aromatic N) is 1. The van der Waals surface area contributed by atoms with Crippen LogP contribution in [0.4, 0.5) is 5.69 Å². The molecule has 1 rings (SSSR count). The van der Waals surface area contributed by atoms with Crippen molar-refractivity contribution < 1.29 is 4.79 Å². The van der Waals surface area contributed by atoms with Gasteiger partial charge in [0.15, 0.2) is 0 Å². The average Bonchev–Trinajstić information content (AvgIpc) is 2.16. The number of rotatable bonds is 3. The number of carbonyl (C=O) groups excluding carboxylic acids is 1. The van der Waals surface area contributed by atoms with Crippen molar-refractivity contribution in [2.24, 2.45) is 5.18 Å². The maximum Gasteiger partial charge on any atom is 0.250 e.